The smallest absolute Gasteiger partial charge is 0.286 e. The molecule has 1 saturated heterocycles. The molecule has 196 valence electrons. The zero-order chi connectivity index (χ0) is 26.2. The summed E-state index contributed by atoms with van der Waals surface area (Å²) in [4.78, 5) is 25.0. The number of benzene rings is 2. The lowest BCUT2D eigenvalue weighted by Crippen LogP contribution is -2.45. The molecule has 0 radical (unpaired) electrons. The number of hydrogen-bond donors (Lipinski definition) is 3. The van der Waals surface area contributed by atoms with Crippen molar-refractivity contribution in [2.45, 2.75) is 25.0 Å². The van der Waals surface area contributed by atoms with Gasteiger partial charge in [-0.2, -0.15) is 9.98 Å². The van der Waals surface area contributed by atoms with E-state index in [1.165, 1.54) is 11.8 Å². The number of rotatable bonds is 8. The number of piperidine rings is 1. The number of ether oxygens (including phenoxy) is 1. The second kappa shape index (κ2) is 12.8. The lowest BCUT2D eigenvalue weighted by molar-refractivity contribution is -0.113. The fourth-order valence-corrected chi connectivity index (χ4v) is 4.78. The first-order valence-corrected chi connectivity index (χ1v) is 13.2. The van der Waals surface area contributed by atoms with Crippen molar-refractivity contribution >= 4 is 40.6 Å². The summed E-state index contributed by atoms with van der Waals surface area (Å²) in [6.45, 7) is 2.65. The minimum absolute atomic E-state index is 0.271. The lowest BCUT2D eigenvalue weighted by Gasteiger charge is -2.34. The molecule has 2 aliphatic heterocycles. The summed E-state index contributed by atoms with van der Waals surface area (Å²) in [5.41, 5.74) is 7.91. The van der Waals surface area contributed by atoms with Crippen molar-refractivity contribution in [3.63, 3.8) is 0 Å². The molecule has 4 N–H and O–H groups in total. The van der Waals surface area contributed by atoms with Gasteiger partial charge < -0.3 is 30.7 Å². The highest BCUT2D eigenvalue weighted by Crippen LogP contribution is 2.30. The van der Waals surface area contributed by atoms with Crippen molar-refractivity contribution in [3.8, 4) is 5.75 Å². The van der Waals surface area contributed by atoms with Crippen LogP contribution >= 0.6 is 11.8 Å². The molecule has 0 spiro atoms. The van der Waals surface area contributed by atoms with Crippen LogP contribution in [0.25, 0.3) is 6.08 Å². The Bertz CT molecular complexity index is 1140. The fourth-order valence-electron chi connectivity index (χ4n) is 3.99. The molecule has 0 aliphatic carbocycles. The number of nitrogens with zero attached hydrogens (tertiary/aromatic N) is 4. The SMILES string of the molecule is CN(C)/C(N)=N\C1=NC(=O)/C(=C/c2ccc(N3CCC(NC[C@H](O)COc4ccccc4)CC3)cc2)S1. The molecule has 2 heterocycles. The number of nitrogens with one attached hydrogen (secondary N) is 1. The Hall–Kier alpha value is -3.34. The zero-order valence-electron chi connectivity index (χ0n) is 21.2. The average Bonchev–Trinajstić information content (AvgIpc) is 3.25. The summed E-state index contributed by atoms with van der Waals surface area (Å²) < 4.78 is 5.63. The molecule has 2 aromatic carbocycles. The molecular formula is C27H34N6O3S. The molecule has 1 atom stereocenters. The maximum Gasteiger partial charge on any atom is 0.286 e. The molecule has 2 aromatic rings. The van der Waals surface area contributed by atoms with Crippen molar-refractivity contribution in [2.24, 2.45) is 15.7 Å². The number of aliphatic imine (C=N–C) groups is 2. The highest BCUT2D eigenvalue weighted by Gasteiger charge is 2.23. The number of para-hydroxylation sites is 1. The molecule has 0 bridgehead atoms. The molecule has 0 saturated carbocycles. The highest BCUT2D eigenvalue weighted by molar-refractivity contribution is 8.18. The van der Waals surface area contributed by atoms with Gasteiger partial charge in [-0.05, 0) is 60.5 Å². The molecule has 1 amide bonds. The number of carbonyl (C=O) groups is 1. The van der Waals surface area contributed by atoms with Crippen LogP contribution in [0.3, 0.4) is 0 Å². The minimum atomic E-state index is -0.552. The van der Waals surface area contributed by atoms with E-state index in [1.54, 1.807) is 19.0 Å². The van der Waals surface area contributed by atoms with Gasteiger partial charge in [-0.15, -0.1) is 0 Å². The Balaban J connectivity index is 1.21. The summed E-state index contributed by atoms with van der Waals surface area (Å²) in [5, 5.41) is 14.1. The number of nitrogens with two attached hydrogens (primary N) is 1. The molecule has 37 heavy (non-hydrogen) atoms. The van der Waals surface area contributed by atoms with Gasteiger partial charge in [0.05, 0.1) is 4.91 Å². The van der Waals surface area contributed by atoms with E-state index in [0.29, 0.717) is 28.6 Å². The maximum atomic E-state index is 12.2. The number of amides is 1. The van der Waals surface area contributed by atoms with E-state index in [1.807, 2.05) is 48.5 Å². The van der Waals surface area contributed by atoms with Gasteiger partial charge in [0.15, 0.2) is 11.1 Å². The Kier molecular flexibility index (Phi) is 9.21. The maximum absolute atomic E-state index is 12.2. The summed E-state index contributed by atoms with van der Waals surface area (Å²) in [5.74, 6) is 0.769. The molecule has 0 aromatic heterocycles. The van der Waals surface area contributed by atoms with Gasteiger partial charge in [-0.25, -0.2) is 0 Å². The molecular weight excluding hydrogens is 488 g/mol. The molecule has 1 fully saturated rings. The van der Waals surface area contributed by atoms with Crippen molar-refractivity contribution in [2.75, 3.05) is 45.2 Å². The van der Waals surface area contributed by atoms with Crippen molar-refractivity contribution in [1.82, 2.24) is 10.2 Å². The standard InChI is InChI=1S/C27H34N6O3S/c1-32(2)26(28)31-27-30-25(35)24(37-27)16-19-8-10-21(11-9-19)33-14-12-20(13-15-33)29-17-22(34)18-36-23-6-4-3-5-7-23/h3-11,16,20,22,29,34H,12-15,17-18H2,1-2H3,(H2,28,30,31,35)/b24-16-/t22-/m0/s1. The molecule has 9 nitrogen and oxygen atoms in total. The summed E-state index contributed by atoms with van der Waals surface area (Å²) >= 11 is 1.22. The number of hydrogen-bond acceptors (Lipinski definition) is 7. The highest BCUT2D eigenvalue weighted by atomic mass is 32.2. The largest absolute Gasteiger partial charge is 0.491 e. The normalized spacial score (nSPS) is 18.7. The first kappa shape index (κ1) is 26.7. The summed E-state index contributed by atoms with van der Waals surface area (Å²) in [6.07, 6.45) is 3.28. The van der Waals surface area contributed by atoms with Gasteiger partial charge in [0.25, 0.3) is 5.91 Å². The van der Waals surface area contributed by atoms with E-state index in [0.717, 1.165) is 42.9 Å². The van der Waals surface area contributed by atoms with Gasteiger partial charge in [0, 0.05) is 45.5 Å². The number of thioether (sulfide) groups is 1. The van der Waals surface area contributed by atoms with Crippen molar-refractivity contribution in [1.29, 1.82) is 0 Å². The minimum Gasteiger partial charge on any atom is -0.491 e. The van der Waals surface area contributed by atoms with E-state index in [4.69, 9.17) is 10.5 Å². The molecule has 2 aliphatic rings. The Morgan fingerprint density at radius 3 is 2.62 bits per heavy atom. The van der Waals surface area contributed by atoms with Crippen LogP contribution in [0.15, 0.2) is 69.5 Å². The average molecular weight is 523 g/mol. The first-order valence-electron chi connectivity index (χ1n) is 12.4. The van der Waals surface area contributed by atoms with Crippen LogP contribution in [0.4, 0.5) is 5.69 Å². The number of aliphatic hydroxyl groups is 1. The predicted molar refractivity (Wildman–Crippen MR) is 151 cm³/mol. The Morgan fingerprint density at radius 1 is 1.24 bits per heavy atom. The van der Waals surface area contributed by atoms with Gasteiger partial charge in [0.2, 0.25) is 0 Å². The molecule has 10 heteroatoms. The summed E-state index contributed by atoms with van der Waals surface area (Å²) in [7, 11) is 3.57. The Labute approximate surface area is 222 Å². The number of anilines is 1. The van der Waals surface area contributed by atoms with Gasteiger partial charge in [-0.1, -0.05) is 30.3 Å². The van der Waals surface area contributed by atoms with E-state index < -0.39 is 6.10 Å². The third kappa shape index (κ3) is 7.82. The van der Waals surface area contributed by atoms with Crippen LogP contribution in [0.1, 0.15) is 18.4 Å². The van der Waals surface area contributed by atoms with Gasteiger partial charge >= 0.3 is 0 Å². The van der Waals surface area contributed by atoms with Crippen LogP contribution < -0.4 is 20.7 Å². The predicted octanol–water partition coefficient (Wildman–Crippen LogP) is 2.53. The van der Waals surface area contributed by atoms with Crippen LogP contribution in [0, 0.1) is 0 Å². The molecule has 0 unspecified atom stereocenters. The monoisotopic (exact) mass is 522 g/mol. The van der Waals surface area contributed by atoms with Crippen LogP contribution in [0.2, 0.25) is 0 Å². The summed E-state index contributed by atoms with van der Waals surface area (Å²) in [6, 6.07) is 18.1. The van der Waals surface area contributed by atoms with E-state index in [9.17, 15) is 9.90 Å². The van der Waals surface area contributed by atoms with Crippen LogP contribution in [0.5, 0.6) is 5.75 Å². The topological polar surface area (TPSA) is 116 Å². The van der Waals surface area contributed by atoms with Gasteiger partial charge in [0.1, 0.15) is 18.5 Å². The van der Waals surface area contributed by atoms with E-state index in [-0.39, 0.29) is 12.5 Å². The number of carbonyl (C=O) groups excluding carboxylic acids is 1. The molecule has 4 rings (SSSR count). The Morgan fingerprint density at radius 2 is 1.95 bits per heavy atom. The lowest BCUT2D eigenvalue weighted by atomic mass is 10.0. The number of guanidine groups is 1. The fraction of sp³-hybridized carbons (Fsp3) is 0.370. The van der Waals surface area contributed by atoms with Crippen LogP contribution in [-0.2, 0) is 4.79 Å². The third-order valence-electron chi connectivity index (χ3n) is 6.16. The van der Waals surface area contributed by atoms with E-state index >= 15 is 0 Å². The second-order valence-electron chi connectivity index (χ2n) is 9.21. The second-order valence-corrected chi connectivity index (χ2v) is 10.2. The quantitative estimate of drug-likeness (QED) is 0.275. The van der Waals surface area contributed by atoms with Crippen molar-refractivity contribution in [3.05, 3.63) is 65.1 Å². The van der Waals surface area contributed by atoms with Crippen molar-refractivity contribution < 1.29 is 14.6 Å². The number of amidine groups is 1. The third-order valence-corrected chi connectivity index (χ3v) is 7.03. The number of aliphatic hydroxyl groups excluding tert-OH is 1. The van der Waals surface area contributed by atoms with Crippen LogP contribution in [-0.4, -0.2) is 79.5 Å². The van der Waals surface area contributed by atoms with E-state index in [2.05, 4.69) is 32.3 Å². The first-order chi connectivity index (χ1) is 17.9. The zero-order valence-corrected chi connectivity index (χ0v) is 22.0. The van der Waals surface area contributed by atoms with Gasteiger partial charge in [-0.3, -0.25) is 4.79 Å².